The van der Waals surface area contributed by atoms with Crippen molar-refractivity contribution in [1.29, 1.82) is 0 Å². The lowest BCUT2D eigenvalue weighted by atomic mass is 9.92. The van der Waals surface area contributed by atoms with E-state index >= 15 is 0 Å². The number of amides is 2. The Balaban J connectivity index is 1.49. The third-order valence-electron chi connectivity index (χ3n) is 5.44. The topological polar surface area (TPSA) is 56.4 Å². The number of nitrogens with one attached hydrogen (secondary N) is 1. The zero-order chi connectivity index (χ0) is 17.1. The standard InChI is InChI=1S/C19H29N3O2/c1-14-12-15(2)20-18(14)19(24)22-10-6-16(7-11-22)13-17(23)21-8-4-3-5-9-21/h12,16,20H,3-11,13H2,1-2H3. The molecule has 1 aromatic rings. The number of aromatic amines is 1. The van der Waals surface area contributed by atoms with Crippen LogP contribution in [0.1, 0.15) is 60.3 Å². The van der Waals surface area contributed by atoms with E-state index in [0.717, 1.165) is 68.8 Å². The fraction of sp³-hybridized carbons (Fsp3) is 0.684. The minimum Gasteiger partial charge on any atom is -0.354 e. The highest BCUT2D eigenvalue weighted by Gasteiger charge is 2.28. The summed E-state index contributed by atoms with van der Waals surface area (Å²) < 4.78 is 0. The molecule has 2 fully saturated rings. The number of carbonyl (C=O) groups excluding carboxylic acids is 2. The third-order valence-corrected chi connectivity index (χ3v) is 5.44. The quantitative estimate of drug-likeness (QED) is 0.926. The highest BCUT2D eigenvalue weighted by Crippen LogP contribution is 2.24. The van der Waals surface area contributed by atoms with Crippen molar-refractivity contribution in [3.05, 3.63) is 23.0 Å². The lowest BCUT2D eigenvalue weighted by Gasteiger charge is -2.33. The fourth-order valence-electron chi connectivity index (χ4n) is 3.97. The van der Waals surface area contributed by atoms with Crippen molar-refractivity contribution in [3.8, 4) is 0 Å². The van der Waals surface area contributed by atoms with Crippen LogP contribution in [0.3, 0.4) is 0 Å². The number of piperidine rings is 2. The van der Waals surface area contributed by atoms with Crippen LogP contribution in [0.25, 0.3) is 0 Å². The van der Waals surface area contributed by atoms with Gasteiger partial charge in [0.25, 0.3) is 5.91 Å². The molecule has 2 aliphatic rings. The van der Waals surface area contributed by atoms with Gasteiger partial charge in [-0.2, -0.15) is 0 Å². The van der Waals surface area contributed by atoms with E-state index in [4.69, 9.17) is 0 Å². The number of carbonyl (C=O) groups is 2. The molecule has 3 heterocycles. The number of hydrogen-bond donors (Lipinski definition) is 1. The number of H-pyrrole nitrogens is 1. The Morgan fingerprint density at radius 2 is 1.71 bits per heavy atom. The van der Waals surface area contributed by atoms with E-state index in [2.05, 4.69) is 4.98 Å². The summed E-state index contributed by atoms with van der Waals surface area (Å²) >= 11 is 0. The summed E-state index contributed by atoms with van der Waals surface area (Å²) in [6.07, 6.45) is 6.07. The van der Waals surface area contributed by atoms with Gasteiger partial charge in [0.2, 0.25) is 5.91 Å². The molecular weight excluding hydrogens is 302 g/mol. The van der Waals surface area contributed by atoms with Crippen LogP contribution in [0, 0.1) is 19.8 Å². The molecule has 0 aliphatic carbocycles. The zero-order valence-corrected chi connectivity index (χ0v) is 14.9. The van der Waals surface area contributed by atoms with Crippen LogP contribution in [0.5, 0.6) is 0 Å². The van der Waals surface area contributed by atoms with Gasteiger partial charge in [0.1, 0.15) is 5.69 Å². The summed E-state index contributed by atoms with van der Waals surface area (Å²) in [7, 11) is 0. The maximum absolute atomic E-state index is 12.6. The largest absolute Gasteiger partial charge is 0.354 e. The molecule has 132 valence electrons. The molecule has 5 nitrogen and oxygen atoms in total. The van der Waals surface area contributed by atoms with Gasteiger partial charge >= 0.3 is 0 Å². The average molecular weight is 331 g/mol. The normalized spacial score (nSPS) is 19.6. The van der Waals surface area contributed by atoms with Crippen LogP contribution < -0.4 is 0 Å². The second-order valence-corrected chi connectivity index (χ2v) is 7.39. The summed E-state index contributed by atoms with van der Waals surface area (Å²) in [5, 5.41) is 0. The van der Waals surface area contributed by atoms with Crippen molar-refractivity contribution >= 4 is 11.8 Å². The van der Waals surface area contributed by atoms with Crippen LogP contribution in [0.4, 0.5) is 0 Å². The van der Waals surface area contributed by atoms with E-state index < -0.39 is 0 Å². The number of aromatic nitrogens is 1. The van der Waals surface area contributed by atoms with Crippen molar-refractivity contribution in [2.24, 2.45) is 5.92 Å². The maximum atomic E-state index is 12.6. The Bertz CT molecular complexity index is 594. The summed E-state index contributed by atoms with van der Waals surface area (Å²) in [5.41, 5.74) is 2.76. The molecule has 0 unspecified atom stereocenters. The Hall–Kier alpha value is -1.78. The van der Waals surface area contributed by atoms with Crippen LogP contribution in [0.15, 0.2) is 6.07 Å². The van der Waals surface area contributed by atoms with Crippen molar-refractivity contribution in [3.63, 3.8) is 0 Å². The number of likely N-dealkylation sites (tertiary alicyclic amines) is 2. The van der Waals surface area contributed by atoms with Crippen LogP contribution in [-0.4, -0.2) is 52.8 Å². The first-order valence-corrected chi connectivity index (χ1v) is 9.28. The first-order chi connectivity index (χ1) is 11.5. The number of hydrogen-bond acceptors (Lipinski definition) is 2. The molecule has 0 radical (unpaired) electrons. The zero-order valence-electron chi connectivity index (χ0n) is 14.9. The van der Waals surface area contributed by atoms with Gasteiger partial charge in [-0.1, -0.05) is 0 Å². The van der Waals surface area contributed by atoms with Crippen LogP contribution in [-0.2, 0) is 4.79 Å². The lowest BCUT2D eigenvalue weighted by molar-refractivity contribution is -0.133. The van der Waals surface area contributed by atoms with Gasteiger partial charge in [0, 0.05) is 38.3 Å². The molecule has 1 aromatic heterocycles. The lowest BCUT2D eigenvalue weighted by Crippen LogP contribution is -2.41. The first-order valence-electron chi connectivity index (χ1n) is 9.28. The summed E-state index contributed by atoms with van der Waals surface area (Å²) in [5.74, 6) is 0.840. The van der Waals surface area contributed by atoms with E-state index in [1.54, 1.807) is 0 Å². The SMILES string of the molecule is Cc1cc(C)c(C(=O)N2CCC(CC(=O)N3CCCCC3)CC2)[nH]1. The minimum atomic E-state index is 0.0985. The molecule has 0 aromatic carbocycles. The first kappa shape index (κ1) is 17.1. The molecule has 0 saturated carbocycles. The number of nitrogens with zero attached hydrogens (tertiary/aromatic N) is 2. The Morgan fingerprint density at radius 1 is 1.04 bits per heavy atom. The van der Waals surface area contributed by atoms with Crippen molar-refractivity contribution in [2.45, 2.75) is 52.4 Å². The summed E-state index contributed by atoms with van der Waals surface area (Å²) in [6, 6.07) is 2.01. The average Bonchev–Trinajstić information content (AvgIpc) is 2.94. The van der Waals surface area contributed by atoms with Gasteiger partial charge in [-0.25, -0.2) is 0 Å². The Morgan fingerprint density at radius 3 is 2.29 bits per heavy atom. The van der Waals surface area contributed by atoms with Gasteiger partial charge < -0.3 is 14.8 Å². The highest BCUT2D eigenvalue weighted by molar-refractivity contribution is 5.94. The van der Waals surface area contributed by atoms with E-state index in [1.807, 2.05) is 29.7 Å². The second kappa shape index (κ2) is 7.41. The number of rotatable bonds is 3. The molecular formula is C19H29N3O2. The van der Waals surface area contributed by atoms with E-state index in [1.165, 1.54) is 6.42 Å². The molecule has 5 heteroatoms. The van der Waals surface area contributed by atoms with Gasteiger partial charge in [-0.05, 0) is 63.5 Å². The molecule has 0 bridgehead atoms. The van der Waals surface area contributed by atoms with Gasteiger partial charge in [0.15, 0.2) is 0 Å². The van der Waals surface area contributed by atoms with Crippen molar-refractivity contribution < 1.29 is 9.59 Å². The molecule has 2 aliphatic heterocycles. The smallest absolute Gasteiger partial charge is 0.270 e. The fourth-order valence-corrected chi connectivity index (χ4v) is 3.97. The van der Waals surface area contributed by atoms with E-state index in [-0.39, 0.29) is 5.91 Å². The summed E-state index contributed by atoms with van der Waals surface area (Å²) in [4.78, 5) is 32.2. The maximum Gasteiger partial charge on any atom is 0.270 e. The third kappa shape index (κ3) is 3.82. The Labute approximate surface area is 144 Å². The van der Waals surface area contributed by atoms with Crippen LogP contribution >= 0.6 is 0 Å². The number of aryl methyl sites for hydroxylation is 2. The second-order valence-electron chi connectivity index (χ2n) is 7.39. The molecule has 0 spiro atoms. The molecule has 0 atom stereocenters. The van der Waals surface area contributed by atoms with Crippen molar-refractivity contribution in [2.75, 3.05) is 26.2 Å². The monoisotopic (exact) mass is 331 g/mol. The molecule has 1 N–H and O–H groups in total. The molecule has 2 saturated heterocycles. The van der Waals surface area contributed by atoms with Gasteiger partial charge in [-0.15, -0.1) is 0 Å². The summed E-state index contributed by atoms with van der Waals surface area (Å²) in [6.45, 7) is 7.33. The Kier molecular flexibility index (Phi) is 5.27. The van der Waals surface area contributed by atoms with Gasteiger partial charge in [0.05, 0.1) is 0 Å². The van der Waals surface area contributed by atoms with Crippen molar-refractivity contribution in [1.82, 2.24) is 14.8 Å². The molecule has 24 heavy (non-hydrogen) atoms. The predicted molar refractivity (Wildman–Crippen MR) is 93.9 cm³/mol. The predicted octanol–water partition coefficient (Wildman–Crippen LogP) is 2.89. The van der Waals surface area contributed by atoms with Gasteiger partial charge in [-0.3, -0.25) is 9.59 Å². The van der Waals surface area contributed by atoms with Crippen LogP contribution in [0.2, 0.25) is 0 Å². The minimum absolute atomic E-state index is 0.0985. The van der Waals surface area contributed by atoms with E-state index in [9.17, 15) is 9.59 Å². The molecule has 3 rings (SSSR count). The van der Waals surface area contributed by atoms with E-state index in [0.29, 0.717) is 18.2 Å². The molecule has 2 amide bonds. The highest BCUT2D eigenvalue weighted by atomic mass is 16.2.